The number of rotatable bonds is 4. The fraction of sp³-hybridized carbons (Fsp3) is 0.600. The molecular weight excluding hydrogens is 290 g/mol. The predicted octanol–water partition coefficient (Wildman–Crippen LogP) is 1.46. The van der Waals surface area contributed by atoms with E-state index in [-0.39, 0.29) is 19.0 Å². The van der Waals surface area contributed by atoms with E-state index in [2.05, 4.69) is 0 Å². The zero-order valence-corrected chi connectivity index (χ0v) is 13.4. The van der Waals surface area contributed by atoms with Crippen molar-refractivity contribution in [2.75, 3.05) is 20.2 Å². The molecule has 1 aliphatic heterocycles. The first-order chi connectivity index (χ1) is 9.78. The van der Waals surface area contributed by atoms with Crippen molar-refractivity contribution in [1.29, 1.82) is 0 Å². The van der Waals surface area contributed by atoms with Gasteiger partial charge in [-0.2, -0.15) is 4.31 Å². The molecule has 116 valence electrons. The lowest BCUT2D eigenvalue weighted by Crippen LogP contribution is -2.64. The van der Waals surface area contributed by atoms with Crippen LogP contribution >= 0.6 is 0 Å². The average molecular weight is 311 g/mol. The Hall–Kier alpha value is -1.11. The van der Waals surface area contributed by atoms with Crippen LogP contribution in [0.5, 0.6) is 5.75 Å². The molecule has 1 saturated heterocycles. The van der Waals surface area contributed by atoms with Crippen molar-refractivity contribution in [2.45, 2.75) is 37.2 Å². The van der Waals surface area contributed by atoms with Crippen molar-refractivity contribution in [1.82, 2.24) is 4.31 Å². The van der Waals surface area contributed by atoms with Crippen molar-refractivity contribution in [3.05, 3.63) is 23.3 Å². The zero-order chi connectivity index (χ0) is 15.4. The maximum atomic E-state index is 12.8. The summed E-state index contributed by atoms with van der Waals surface area (Å²) in [4.78, 5) is 0.334. The lowest BCUT2D eigenvalue weighted by molar-refractivity contribution is -0.0765. The molecular formula is C15H21NO4S. The Morgan fingerprint density at radius 1 is 1.24 bits per heavy atom. The Kier molecular flexibility index (Phi) is 3.31. The van der Waals surface area contributed by atoms with E-state index in [1.165, 1.54) is 4.31 Å². The third-order valence-corrected chi connectivity index (χ3v) is 6.60. The molecule has 1 heterocycles. The molecule has 0 radical (unpaired) electrons. The van der Waals surface area contributed by atoms with Gasteiger partial charge < -0.3 is 9.84 Å². The molecule has 1 aromatic rings. The first-order valence-corrected chi connectivity index (χ1v) is 8.60. The smallest absolute Gasteiger partial charge is 0.243 e. The number of hydrogen-bond acceptors (Lipinski definition) is 4. The fourth-order valence-corrected chi connectivity index (χ4v) is 5.15. The molecule has 2 fully saturated rings. The number of hydrogen-bond donors (Lipinski definition) is 1. The second-order valence-electron chi connectivity index (χ2n) is 6.24. The molecule has 1 aliphatic carbocycles. The van der Waals surface area contributed by atoms with E-state index < -0.39 is 15.6 Å². The highest BCUT2D eigenvalue weighted by molar-refractivity contribution is 7.89. The van der Waals surface area contributed by atoms with Crippen molar-refractivity contribution in [3.63, 3.8) is 0 Å². The van der Waals surface area contributed by atoms with Crippen LogP contribution in [0.15, 0.2) is 17.0 Å². The molecule has 0 unspecified atom stereocenters. The summed E-state index contributed by atoms with van der Waals surface area (Å²) in [6, 6.07) is 3.46. The maximum Gasteiger partial charge on any atom is 0.243 e. The van der Waals surface area contributed by atoms with E-state index in [9.17, 15) is 13.5 Å². The Morgan fingerprint density at radius 2 is 1.76 bits per heavy atom. The third-order valence-electron chi connectivity index (χ3n) is 4.51. The maximum absolute atomic E-state index is 12.8. The quantitative estimate of drug-likeness (QED) is 0.914. The van der Waals surface area contributed by atoms with E-state index in [4.69, 9.17) is 4.74 Å². The monoisotopic (exact) mass is 311 g/mol. The van der Waals surface area contributed by atoms with Gasteiger partial charge in [-0.25, -0.2) is 8.42 Å². The minimum absolute atomic E-state index is 0.213. The summed E-state index contributed by atoms with van der Waals surface area (Å²) in [7, 11) is -1.98. The SMILES string of the molecule is COc1cc(C)c(S(=O)(=O)N2CC(O)(C3CC3)C2)c(C)c1. The van der Waals surface area contributed by atoms with Gasteiger partial charge in [0.05, 0.1) is 17.6 Å². The Bertz CT molecular complexity index is 650. The van der Waals surface area contributed by atoms with E-state index in [1.807, 2.05) is 0 Å². The highest BCUT2D eigenvalue weighted by Gasteiger charge is 2.55. The van der Waals surface area contributed by atoms with E-state index in [0.717, 1.165) is 12.8 Å². The number of aryl methyl sites for hydroxylation is 2. The molecule has 21 heavy (non-hydrogen) atoms. The highest BCUT2D eigenvalue weighted by Crippen LogP contribution is 2.46. The summed E-state index contributed by atoms with van der Waals surface area (Å²) >= 11 is 0. The Morgan fingerprint density at radius 3 is 2.19 bits per heavy atom. The Labute approximate surface area is 125 Å². The number of β-amino-alcohol motifs (C(OH)–C–C–N with tert-alkyl or cyclic N) is 1. The van der Waals surface area contributed by atoms with E-state index in [1.54, 1.807) is 33.1 Å². The van der Waals surface area contributed by atoms with Gasteiger partial charge in [-0.05, 0) is 55.9 Å². The second-order valence-corrected chi connectivity index (χ2v) is 8.12. The standard InChI is InChI=1S/C15H21NO4S/c1-10-6-13(20-3)7-11(2)14(10)21(18,19)16-8-15(17,9-16)12-4-5-12/h6-7,12,17H,4-5,8-9H2,1-3H3. The van der Waals surface area contributed by atoms with Crippen molar-refractivity contribution >= 4 is 10.0 Å². The van der Waals surface area contributed by atoms with Gasteiger partial charge in [0.25, 0.3) is 0 Å². The minimum Gasteiger partial charge on any atom is -0.497 e. The lowest BCUT2D eigenvalue weighted by atomic mass is 9.91. The van der Waals surface area contributed by atoms with Crippen LogP contribution in [0, 0.1) is 19.8 Å². The molecule has 1 aromatic carbocycles. The Balaban J connectivity index is 1.89. The topological polar surface area (TPSA) is 66.8 Å². The lowest BCUT2D eigenvalue weighted by Gasteiger charge is -2.46. The second kappa shape index (κ2) is 4.69. The van der Waals surface area contributed by atoms with Crippen LogP contribution in [0.25, 0.3) is 0 Å². The predicted molar refractivity (Wildman–Crippen MR) is 78.9 cm³/mol. The van der Waals surface area contributed by atoms with Gasteiger partial charge in [0.15, 0.2) is 0 Å². The number of methoxy groups -OCH3 is 1. The van der Waals surface area contributed by atoms with Gasteiger partial charge >= 0.3 is 0 Å². The molecule has 0 amide bonds. The number of nitrogens with zero attached hydrogens (tertiary/aromatic N) is 1. The molecule has 1 saturated carbocycles. The van der Waals surface area contributed by atoms with Gasteiger partial charge in [-0.1, -0.05) is 0 Å². The van der Waals surface area contributed by atoms with Gasteiger partial charge in [-0.15, -0.1) is 0 Å². The highest BCUT2D eigenvalue weighted by atomic mass is 32.2. The van der Waals surface area contributed by atoms with E-state index >= 15 is 0 Å². The molecule has 5 nitrogen and oxygen atoms in total. The van der Waals surface area contributed by atoms with Crippen molar-refractivity contribution in [3.8, 4) is 5.75 Å². The van der Waals surface area contributed by atoms with Crippen LogP contribution < -0.4 is 4.74 Å². The number of sulfonamides is 1. The first-order valence-electron chi connectivity index (χ1n) is 7.16. The van der Waals surface area contributed by atoms with E-state index in [0.29, 0.717) is 21.8 Å². The largest absolute Gasteiger partial charge is 0.497 e. The molecule has 0 spiro atoms. The number of benzene rings is 1. The van der Waals surface area contributed by atoms with Crippen LogP contribution in [0.2, 0.25) is 0 Å². The normalized spacial score (nSPS) is 21.9. The summed E-state index contributed by atoms with van der Waals surface area (Å²) in [5.41, 5.74) is 0.545. The summed E-state index contributed by atoms with van der Waals surface area (Å²) in [5.74, 6) is 0.934. The van der Waals surface area contributed by atoms with Crippen molar-refractivity contribution < 1.29 is 18.3 Å². The van der Waals surface area contributed by atoms with Gasteiger partial charge in [0.1, 0.15) is 5.75 Å². The zero-order valence-electron chi connectivity index (χ0n) is 12.6. The molecule has 3 rings (SSSR count). The number of aliphatic hydroxyl groups is 1. The molecule has 0 bridgehead atoms. The van der Waals surface area contributed by atoms with Crippen LogP contribution in [0.4, 0.5) is 0 Å². The average Bonchev–Trinajstić information content (AvgIpc) is 3.17. The molecule has 2 aliphatic rings. The summed E-state index contributed by atoms with van der Waals surface area (Å²) in [6.07, 6.45) is 2.01. The molecule has 0 atom stereocenters. The number of ether oxygens (including phenoxy) is 1. The van der Waals surface area contributed by atoms with Crippen LogP contribution in [0.3, 0.4) is 0 Å². The molecule has 1 N–H and O–H groups in total. The van der Waals surface area contributed by atoms with Crippen molar-refractivity contribution in [2.24, 2.45) is 5.92 Å². The van der Waals surface area contributed by atoms with Gasteiger partial charge in [-0.3, -0.25) is 0 Å². The first kappa shape index (κ1) is 14.8. The van der Waals surface area contributed by atoms with Gasteiger partial charge in [0.2, 0.25) is 10.0 Å². The van der Waals surface area contributed by atoms with Gasteiger partial charge in [0, 0.05) is 13.1 Å². The van der Waals surface area contributed by atoms with Crippen LogP contribution in [-0.4, -0.2) is 43.6 Å². The fourth-order valence-electron chi connectivity index (χ4n) is 3.18. The van der Waals surface area contributed by atoms with Crippen LogP contribution in [0.1, 0.15) is 24.0 Å². The third kappa shape index (κ3) is 2.35. The van der Waals surface area contributed by atoms with Crippen LogP contribution in [-0.2, 0) is 10.0 Å². The summed E-state index contributed by atoms with van der Waals surface area (Å²) < 4.78 is 32.1. The molecule has 6 heteroatoms. The molecule has 0 aromatic heterocycles. The summed E-state index contributed by atoms with van der Waals surface area (Å²) in [6.45, 7) is 3.97. The minimum atomic E-state index is -3.55. The summed E-state index contributed by atoms with van der Waals surface area (Å²) in [5, 5.41) is 10.3.